The van der Waals surface area contributed by atoms with E-state index in [4.69, 9.17) is 14.2 Å². The number of piperazine rings is 1. The molecule has 1 heterocycles. The van der Waals surface area contributed by atoms with E-state index in [1.54, 1.807) is 12.1 Å². The number of nitrogens with zero attached hydrogens (tertiary/aromatic N) is 1. The zero-order valence-corrected chi connectivity index (χ0v) is 15.3. The third kappa shape index (κ3) is 4.00. The van der Waals surface area contributed by atoms with Gasteiger partial charge in [-0.1, -0.05) is 0 Å². The highest BCUT2D eigenvalue weighted by Gasteiger charge is 2.34. The smallest absolute Gasteiger partial charge is 0.250 e. The standard InChI is InChI=1S/C14H22N2O5S.ClH/c1-10-9-16(6-5-15-10)22(17,18)14-12(20-3)7-11(19-2)8-13(14)21-4;/h7-8,10,15H,5-6,9H2,1-4H3;1H/t10-;/m1./s1. The van der Waals surface area contributed by atoms with Gasteiger partial charge in [0.15, 0.2) is 4.90 Å². The zero-order valence-electron chi connectivity index (χ0n) is 13.7. The second-order valence-corrected chi connectivity index (χ2v) is 6.95. The minimum Gasteiger partial charge on any atom is -0.496 e. The van der Waals surface area contributed by atoms with Crippen LogP contribution in [-0.4, -0.2) is 59.7 Å². The van der Waals surface area contributed by atoms with Crippen LogP contribution in [0.5, 0.6) is 17.2 Å². The van der Waals surface area contributed by atoms with Crippen molar-refractivity contribution in [3.8, 4) is 17.2 Å². The fourth-order valence-electron chi connectivity index (χ4n) is 2.47. The molecule has 0 aliphatic carbocycles. The molecule has 1 fully saturated rings. The molecule has 9 heteroatoms. The lowest BCUT2D eigenvalue weighted by molar-refractivity contribution is 0.305. The summed E-state index contributed by atoms with van der Waals surface area (Å²) in [4.78, 5) is 0.0346. The zero-order chi connectivity index (χ0) is 16.3. The van der Waals surface area contributed by atoms with E-state index in [1.807, 2.05) is 6.92 Å². The Morgan fingerprint density at radius 3 is 2.13 bits per heavy atom. The molecule has 1 aliphatic heterocycles. The molecule has 132 valence electrons. The number of rotatable bonds is 5. The summed E-state index contributed by atoms with van der Waals surface area (Å²) in [7, 11) is 0.631. The van der Waals surface area contributed by atoms with Gasteiger partial charge in [-0.2, -0.15) is 4.31 Å². The third-order valence-corrected chi connectivity index (χ3v) is 5.53. The molecule has 1 aromatic carbocycles. The van der Waals surface area contributed by atoms with Gasteiger partial charge in [0.25, 0.3) is 10.0 Å². The van der Waals surface area contributed by atoms with Crippen molar-refractivity contribution in [1.29, 1.82) is 0 Å². The van der Waals surface area contributed by atoms with Gasteiger partial charge in [-0.15, -0.1) is 12.4 Å². The number of halogens is 1. The van der Waals surface area contributed by atoms with Gasteiger partial charge in [0.1, 0.15) is 17.2 Å². The van der Waals surface area contributed by atoms with Crippen molar-refractivity contribution in [2.24, 2.45) is 0 Å². The van der Waals surface area contributed by atoms with E-state index in [-0.39, 0.29) is 34.8 Å². The normalized spacial score (nSPS) is 18.9. The molecule has 1 atom stereocenters. The van der Waals surface area contributed by atoms with Crippen molar-refractivity contribution in [3.63, 3.8) is 0 Å². The van der Waals surface area contributed by atoms with Crippen molar-refractivity contribution in [1.82, 2.24) is 9.62 Å². The van der Waals surface area contributed by atoms with Gasteiger partial charge in [0, 0.05) is 37.8 Å². The molecule has 2 rings (SSSR count). The van der Waals surface area contributed by atoms with E-state index < -0.39 is 10.0 Å². The van der Waals surface area contributed by atoms with Crippen molar-refractivity contribution >= 4 is 22.4 Å². The topological polar surface area (TPSA) is 77.1 Å². The fourth-order valence-corrected chi connectivity index (χ4v) is 4.27. The molecule has 0 unspecified atom stereocenters. The van der Waals surface area contributed by atoms with Gasteiger partial charge in [-0.05, 0) is 6.92 Å². The molecule has 0 amide bonds. The summed E-state index contributed by atoms with van der Waals surface area (Å²) in [5.41, 5.74) is 0. The van der Waals surface area contributed by atoms with Gasteiger partial charge in [0.05, 0.1) is 21.3 Å². The first-order chi connectivity index (χ1) is 10.4. The van der Waals surface area contributed by atoms with Crippen LogP contribution >= 0.6 is 12.4 Å². The van der Waals surface area contributed by atoms with Crippen LogP contribution in [0.15, 0.2) is 17.0 Å². The lowest BCUT2D eigenvalue weighted by atomic mass is 10.3. The van der Waals surface area contributed by atoms with Crippen molar-refractivity contribution in [3.05, 3.63) is 12.1 Å². The molecule has 0 saturated carbocycles. The highest BCUT2D eigenvalue weighted by molar-refractivity contribution is 7.89. The number of benzene rings is 1. The van der Waals surface area contributed by atoms with E-state index in [1.165, 1.54) is 25.6 Å². The van der Waals surface area contributed by atoms with Crippen LogP contribution < -0.4 is 19.5 Å². The maximum absolute atomic E-state index is 13.0. The SMILES string of the molecule is COc1cc(OC)c(S(=O)(=O)N2CCN[C@H](C)C2)c(OC)c1.Cl. The van der Waals surface area contributed by atoms with Crippen LogP contribution in [0, 0.1) is 0 Å². The Hall–Kier alpha value is -1.22. The summed E-state index contributed by atoms with van der Waals surface area (Å²) >= 11 is 0. The van der Waals surface area contributed by atoms with Gasteiger partial charge < -0.3 is 19.5 Å². The average molecular weight is 367 g/mol. The Labute approximate surface area is 143 Å². The Morgan fingerprint density at radius 2 is 1.70 bits per heavy atom. The molecular formula is C14H23ClN2O5S. The van der Waals surface area contributed by atoms with E-state index >= 15 is 0 Å². The molecule has 7 nitrogen and oxygen atoms in total. The third-order valence-electron chi connectivity index (χ3n) is 3.60. The summed E-state index contributed by atoms with van der Waals surface area (Å²) in [5, 5.41) is 3.22. The molecule has 23 heavy (non-hydrogen) atoms. The lowest BCUT2D eigenvalue weighted by Gasteiger charge is -2.31. The van der Waals surface area contributed by atoms with Crippen molar-refractivity contribution in [2.75, 3.05) is 41.0 Å². The second kappa shape index (κ2) is 8.05. The molecular weight excluding hydrogens is 344 g/mol. The number of nitrogens with one attached hydrogen (secondary N) is 1. The molecule has 1 saturated heterocycles. The molecule has 1 aliphatic rings. The Morgan fingerprint density at radius 1 is 1.13 bits per heavy atom. The molecule has 1 N–H and O–H groups in total. The lowest BCUT2D eigenvalue weighted by Crippen LogP contribution is -2.51. The van der Waals surface area contributed by atoms with Crippen LogP contribution in [-0.2, 0) is 10.0 Å². The van der Waals surface area contributed by atoms with Gasteiger partial charge in [0.2, 0.25) is 0 Å². The highest BCUT2D eigenvalue weighted by Crippen LogP contribution is 2.39. The monoisotopic (exact) mass is 366 g/mol. The largest absolute Gasteiger partial charge is 0.496 e. The number of sulfonamides is 1. The molecule has 0 bridgehead atoms. The quantitative estimate of drug-likeness (QED) is 0.841. The van der Waals surface area contributed by atoms with Crippen LogP contribution in [0.1, 0.15) is 6.92 Å². The Balaban J connectivity index is 0.00000264. The fraction of sp³-hybridized carbons (Fsp3) is 0.571. The van der Waals surface area contributed by atoms with E-state index in [9.17, 15) is 8.42 Å². The number of ether oxygens (including phenoxy) is 3. The Bertz CT molecular complexity index is 613. The average Bonchev–Trinajstić information content (AvgIpc) is 2.53. The minimum absolute atomic E-state index is 0. The van der Waals surface area contributed by atoms with Gasteiger partial charge >= 0.3 is 0 Å². The molecule has 0 spiro atoms. The second-order valence-electron chi connectivity index (χ2n) is 5.08. The first-order valence-electron chi connectivity index (χ1n) is 6.97. The Kier molecular flexibility index (Phi) is 6.94. The summed E-state index contributed by atoms with van der Waals surface area (Å²) < 4.78 is 43.1. The molecule has 0 radical (unpaired) electrons. The van der Waals surface area contributed by atoms with Gasteiger partial charge in [-0.25, -0.2) is 8.42 Å². The minimum atomic E-state index is -3.72. The maximum atomic E-state index is 13.0. The van der Waals surface area contributed by atoms with E-state index in [0.717, 1.165) is 0 Å². The van der Waals surface area contributed by atoms with E-state index in [0.29, 0.717) is 25.4 Å². The highest BCUT2D eigenvalue weighted by atomic mass is 35.5. The first kappa shape index (κ1) is 19.8. The molecule has 0 aromatic heterocycles. The van der Waals surface area contributed by atoms with Crippen LogP contribution in [0.3, 0.4) is 0 Å². The molecule has 1 aromatic rings. The summed E-state index contributed by atoms with van der Waals surface area (Å²) in [6.07, 6.45) is 0. The maximum Gasteiger partial charge on any atom is 0.250 e. The number of hydrogen-bond acceptors (Lipinski definition) is 6. The summed E-state index contributed by atoms with van der Waals surface area (Å²) in [5.74, 6) is 0.895. The van der Waals surface area contributed by atoms with Crippen molar-refractivity contribution in [2.45, 2.75) is 17.9 Å². The van der Waals surface area contributed by atoms with Crippen LogP contribution in [0.4, 0.5) is 0 Å². The van der Waals surface area contributed by atoms with Gasteiger partial charge in [-0.3, -0.25) is 0 Å². The number of hydrogen-bond donors (Lipinski definition) is 1. The number of methoxy groups -OCH3 is 3. The predicted molar refractivity (Wildman–Crippen MR) is 89.6 cm³/mol. The predicted octanol–water partition coefficient (Wildman–Crippen LogP) is 1.12. The summed E-state index contributed by atoms with van der Waals surface area (Å²) in [6.45, 7) is 3.37. The van der Waals surface area contributed by atoms with Crippen LogP contribution in [0.2, 0.25) is 0 Å². The van der Waals surface area contributed by atoms with Crippen LogP contribution in [0.25, 0.3) is 0 Å². The summed E-state index contributed by atoms with van der Waals surface area (Å²) in [6, 6.07) is 3.18. The van der Waals surface area contributed by atoms with E-state index in [2.05, 4.69) is 5.32 Å². The van der Waals surface area contributed by atoms with Crippen molar-refractivity contribution < 1.29 is 22.6 Å². The first-order valence-corrected chi connectivity index (χ1v) is 8.41.